The smallest absolute Gasteiger partial charge is 0.307 e. The molecule has 110 valence electrons. The van der Waals surface area contributed by atoms with Crippen LogP contribution >= 0.6 is 11.3 Å². The number of nitro benzene ring substituents is 1. The van der Waals surface area contributed by atoms with Crippen molar-refractivity contribution in [1.29, 1.82) is 0 Å². The number of rotatable bonds is 4. The van der Waals surface area contributed by atoms with Crippen molar-refractivity contribution in [3.05, 3.63) is 56.0 Å². The number of nitrogens with zero attached hydrogens (tertiary/aromatic N) is 3. The average molecular weight is 313 g/mol. The Morgan fingerprint density at radius 3 is 2.71 bits per heavy atom. The third-order valence-corrected chi connectivity index (χ3v) is 3.33. The van der Waals surface area contributed by atoms with Crippen LogP contribution in [0.15, 0.2) is 23.0 Å². The summed E-state index contributed by atoms with van der Waals surface area (Å²) < 4.78 is 27.2. The number of thiazole rings is 1. The summed E-state index contributed by atoms with van der Waals surface area (Å²) >= 11 is 1.34. The Hall–Kier alpha value is -2.42. The molecule has 0 bridgehead atoms. The highest BCUT2D eigenvalue weighted by Crippen LogP contribution is 2.22. The van der Waals surface area contributed by atoms with Gasteiger partial charge in [0.05, 0.1) is 34.3 Å². The first-order valence-corrected chi connectivity index (χ1v) is 6.60. The monoisotopic (exact) mass is 313 g/mol. The largest absolute Gasteiger partial charge is 0.336 e. The van der Waals surface area contributed by atoms with Crippen LogP contribution in [0.1, 0.15) is 16.1 Å². The molecule has 6 nitrogen and oxygen atoms in total. The molecule has 1 amide bonds. The number of hydrogen-bond donors (Lipinski definition) is 0. The number of halogens is 2. The molecule has 1 aromatic carbocycles. The molecular formula is C12H9F2N3O3S. The second kappa shape index (κ2) is 5.92. The van der Waals surface area contributed by atoms with E-state index in [0.717, 1.165) is 4.90 Å². The molecule has 0 saturated heterocycles. The van der Waals surface area contributed by atoms with Crippen LogP contribution in [0.25, 0.3) is 0 Å². The number of aromatic nitrogens is 1. The van der Waals surface area contributed by atoms with Crippen molar-refractivity contribution in [3.8, 4) is 0 Å². The molecule has 0 saturated carbocycles. The van der Waals surface area contributed by atoms with Gasteiger partial charge in [-0.15, -0.1) is 11.3 Å². The van der Waals surface area contributed by atoms with E-state index in [1.54, 1.807) is 10.9 Å². The Balaban J connectivity index is 2.26. The molecule has 0 radical (unpaired) electrons. The fourth-order valence-electron chi connectivity index (χ4n) is 1.68. The lowest BCUT2D eigenvalue weighted by Gasteiger charge is -2.16. The lowest BCUT2D eigenvalue weighted by atomic mass is 10.1. The molecule has 0 spiro atoms. The summed E-state index contributed by atoms with van der Waals surface area (Å²) in [5, 5.41) is 12.2. The number of nitro groups is 1. The van der Waals surface area contributed by atoms with Crippen LogP contribution in [0.5, 0.6) is 0 Å². The quantitative estimate of drug-likeness (QED) is 0.642. The van der Waals surface area contributed by atoms with E-state index >= 15 is 0 Å². The molecule has 0 aliphatic rings. The summed E-state index contributed by atoms with van der Waals surface area (Å²) in [5.74, 6) is -3.18. The molecule has 21 heavy (non-hydrogen) atoms. The van der Waals surface area contributed by atoms with Gasteiger partial charge >= 0.3 is 5.69 Å². The van der Waals surface area contributed by atoms with Crippen LogP contribution in [-0.2, 0) is 6.54 Å². The van der Waals surface area contributed by atoms with Crippen LogP contribution in [0.4, 0.5) is 14.5 Å². The van der Waals surface area contributed by atoms with E-state index in [0.29, 0.717) is 17.8 Å². The van der Waals surface area contributed by atoms with Gasteiger partial charge in [0.2, 0.25) is 5.82 Å². The van der Waals surface area contributed by atoms with E-state index in [1.165, 1.54) is 18.4 Å². The average Bonchev–Trinajstić information content (AvgIpc) is 2.92. The van der Waals surface area contributed by atoms with Crippen molar-refractivity contribution in [3.63, 3.8) is 0 Å². The van der Waals surface area contributed by atoms with Gasteiger partial charge < -0.3 is 4.90 Å². The molecule has 0 aliphatic carbocycles. The second-order valence-corrected chi connectivity index (χ2v) is 4.90. The second-order valence-electron chi connectivity index (χ2n) is 4.18. The third kappa shape index (κ3) is 3.19. The maximum absolute atomic E-state index is 13.7. The predicted octanol–water partition coefficient (Wildman–Crippen LogP) is 2.60. The summed E-state index contributed by atoms with van der Waals surface area (Å²) in [5.41, 5.74) is 0.625. The van der Waals surface area contributed by atoms with Gasteiger partial charge in [0.15, 0.2) is 0 Å². The highest BCUT2D eigenvalue weighted by Gasteiger charge is 2.24. The fourth-order valence-corrected chi connectivity index (χ4v) is 2.23. The highest BCUT2D eigenvalue weighted by molar-refractivity contribution is 7.07. The zero-order valence-electron chi connectivity index (χ0n) is 10.7. The molecule has 0 unspecified atom stereocenters. The van der Waals surface area contributed by atoms with Gasteiger partial charge in [-0.2, -0.15) is 4.39 Å². The van der Waals surface area contributed by atoms with E-state index < -0.39 is 33.7 Å². The van der Waals surface area contributed by atoms with Gasteiger partial charge in [0.1, 0.15) is 5.82 Å². The van der Waals surface area contributed by atoms with E-state index in [1.807, 2.05) is 0 Å². The van der Waals surface area contributed by atoms with Crippen molar-refractivity contribution in [2.45, 2.75) is 6.54 Å². The van der Waals surface area contributed by atoms with Crippen LogP contribution in [-0.4, -0.2) is 27.8 Å². The van der Waals surface area contributed by atoms with E-state index in [2.05, 4.69) is 4.98 Å². The molecule has 0 atom stereocenters. The van der Waals surface area contributed by atoms with Crippen LogP contribution in [0.2, 0.25) is 0 Å². The van der Waals surface area contributed by atoms with Crippen molar-refractivity contribution in [2.24, 2.45) is 0 Å². The first-order chi connectivity index (χ1) is 9.90. The Kier molecular flexibility index (Phi) is 4.22. The molecule has 0 N–H and O–H groups in total. The Labute approximate surface area is 121 Å². The van der Waals surface area contributed by atoms with Gasteiger partial charge in [0, 0.05) is 12.4 Å². The maximum atomic E-state index is 13.7. The van der Waals surface area contributed by atoms with E-state index in [4.69, 9.17) is 0 Å². The van der Waals surface area contributed by atoms with Crippen molar-refractivity contribution in [2.75, 3.05) is 7.05 Å². The van der Waals surface area contributed by atoms with E-state index in [9.17, 15) is 23.7 Å². The minimum Gasteiger partial charge on any atom is -0.336 e. The predicted molar refractivity (Wildman–Crippen MR) is 70.9 cm³/mol. The highest BCUT2D eigenvalue weighted by atomic mass is 32.1. The topological polar surface area (TPSA) is 76.3 Å². The molecule has 0 fully saturated rings. The molecule has 1 aromatic heterocycles. The molecular weight excluding hydrogens is 304 g/mol. The Morgan fingerprint density at radius 1 is 1.43 bits per heavy atom. The van der Waals surface area contributed by atoms with Crippen LogP contribution in [0.3, 0.4) is 0 Å². The summed E-state index contributed by atoms with van der Waals surface area (Å²) in [6.45, 7) is 0.125. The van der Waals surface area contributed by atoms with Crippen LogP contribution in [0, 0.1) is 21.7 Å². The minimum atomic E-state index is -1.26. The number of carbonyl (C=O) groups excluding carboxylic acids is 1. The van der Waals surface area contributed by atoms with Gasteiger partial charge in [0.25, 0.3) is 5.91 Å². The third-order valence-electron chi connectivity index (χ3n) is 2.69. The van der Waals surface area contributed by atoms with Gasteiger partial charge in [-0.3, -0.25) is 14.9 Å². The summed E-state index contributed by atoms with van der Waals surface area (Å²) in [6, 6.07) is 0.937. The molecule has 9 heteroatoms. The van der Waals surface area contributed by atoms with E-state index in [-0.39, 0.29) is 6.54 Å². The lowest BCUT2D eigenvalue weighted by Crippen LogP contribution is -2.27. The summed E-state index contributed by atoms with van der Waals surface area (Å²) in [4.78, 5) is 26.6. The molecule has 2 rings (SSSR count). The normalized spacial score (nSPS) is 10.4. The molecule has 0 aliphatic heterocycles. The summed E-state index contributed by atoms with van der Waals surface area (Å²) in [6.07, 6.45) is 0. The number of amides is 1. The van der Waals surface area contributed by atoms with Crippen molar-refractivity contribution >= 4 is 22.9 Å². The SMILES string of the molecule is CN(Cc1cscn1)C(=O)c1cc(F)c([N+](=O)[O-])cc1F. The first kappa shape index (κ1) is 15.0. The number of benzene rings is 1. The Bertz CT molecular complexity index is 691. The fraction of sp³-hybridized carbons (Fsp3) is 0.167. The van der Waals surface area contributed by atoms with Crippen molar-refractivity contribution < 1.29 is 18.5 Å². The maximum Gasteiger partial charge on any atom is 0.307 e. The van der Waals surface area contributed by atoms with Gasteiger partial charge in [-0.1, -0.05) is 0 Å². The van der Waals surface area contributed by atoms with Crippen LogP contribution < -0.4 is 0 Å². The molecule has 2 aromatic rings. The Morgan fingerprint density at radius 2 is 2.14 bits per heavy atom. The zero-order chi connectivity index (χ0) is 15.6. The summed E-state index contributed by atoms with van der Waals surface area (Å²) in [7, 11) is 1.40. The number of hydrogen-bond acceptors (Lipinski definition) is 5. The van der Waals surface area contributed by atoms with Gasteiger partial charge in [-0.25, -0.2) is 9.37 Å². The molecule has 1 heterocycles. The lowest BCUT2D eigenvalue weighted by molar-refractivity contribution is -0.387. The van der Waals surface area contributed by atoms with Crippen molar-refractivity contribution in [1.82, 2.24) is 9.88 Å². The number of carbonyl (C=O) groups is 1. The first-order valence-electron chi connectivity index (χ1n) is 5.66. The minimum absolute atomic E-state index is 0.125. The van der Waals surface area contributed by atoms with Gasteiger partial charge in [-0.05, 0) is 6.07 Å². The standard InChI is InChI=1S/C12H9F2N3O3S/c1-16(4-7-5-21-6-15-7)12(18)8-2-10(14)11(17(19)20)3-9(8)13/h2-3,5-6H,4H2,1H3. The zero-order valence-corrected chi connectivity index (χ0v) is 11.6.